The highest BCUT2D eigenvalue weighted by Gasteiger charge is 2.22. The number of Topliss-reactive ketones (excluding diaryl/α,β-unsaturated/α-hetero) is 1. The van der Waals surface area contributed by atoms with E-state index >= 15 is 0 Å². The van der Waals surface area contributed by atoms with Gasteiger partial charge in [0.1, 0.15) is 11.6 Å². The van der Waals surface area contributed by atoms with Crippen LogP contribution < -0.4 is 5.32 Å². The van der Waals surface area contributed by atoms with Crippen LogP contribution in [0.1, 0.15) is 34.1 Å². The van der Waals surface area contributed by atoms with Crippen molar-refractivity contribution < 1.29 is 27.9 Å². The molecule has 150 valence electrons. The van der Waals surface area contributed by atoms with Crippen molar-refractivity contribution in [2.45, 2.75) is 19.4 Å². The second kappa shape index (κ2) is 8.64. The van der Waals surface area contributed by atoms with Gasteiger partial charge in [-0.15, -0.1) is 0 Å². The zero-order valence-electron chi connectivity index (χ0n) is 15.5. The number of esters is 1. The molecule has 0 aliphatic carbocycles. The highest BCUT2D eigenvalue weighted by molar-refractivity contribution is 6.10. The Labute approximate surface area is 164 Å². The molecular formula is C21H18F2N2O4. The summed E-state index contributed by atoms with van der Waals surface area (Å²) in [6.45, 7) is 1.34. The van der Waals surface area contributed by atoms with Crippen LogP contribution in [0.25, 0.3) is 10.9 Å². The number of nitrogens with one attached hydrogen (secondary N) is 2. The number of aromatic amines is 1. The molecule has 0 fully saturated rings. The van der Waals surface area contributed by atoms with Crippen molar-refractivity contribution in [3.63, 3.8) is 0 Å². The van der Waals surface area contributed by atoms with Crippen LogP contribution in [-0.2, 0) is 9.53 Å². The van der Waals surface area contributed by atoms with Crippen LogP contribution in [0.5, 0.6) is 0 Å². The Hall–Kier alpha value is -3.55. The number of aromatic nitrogens is 1. The molecule has 1 aromatic heterocycles. The zero-order chi connectivity index (χ0) is 21.0. The average molecular weight is 400 g/mol. The summed E-state index contributed by atoms with van der Waals surface area (Å²) >= 11 is 0. The van der Waals surface area contributed by atoms with Crippen LogP contribution in [0.15, 0.2) is 48.7 Å². The first-order chi connectivity index (χ1) is 13.9. The number of H-pyrrole nitrogens is 1. The lowest BCUT2D eigenvalue weighted by Crippen LogP contribution is -2.29. The van der Waals surface area contributed by atoms with E-state index in [9.17, 15) is 23.2 Å². The summed E-state index contributed by atoms with van der Waals surface area (Å²) in [6.07, 6.45) is 0.349. The van der Waals surface area contributed by atoms with Gasteiger partial charge in [0, 0.05) is 35.3 Å². The first-order valence-electron chi connectivity index (χ1n) is 8.90. The minimum absolute atomic E-state index is 0.123. The van der Waals surface area contributed by atoms with Crippen molar-refractivity contribution in [3.05, 3.63) is 71.4 Å². The summed E-state index contributed by atoms with van der Waals surface area (Å²) in [6, 6.07) is 9.83. The largest absolute Gasteiger partial charge is 0.454 e. The smallest absolute Gasteiger partial charge is 0.308 e. The predicted molar refractivity (Wildman–Crippen MR) is 101 cm³/mol. The van der Waals surface area contributed by atoms with E-state index < -0.39 is 29.6 Å². The molecule has 0 unspecified atom stereocenters. The van der Waals surface area contributed by atoms with Crippen molar-refractivity contribution in [2.24, 2.45) is 0 Å². The summed E-state index contributed by atoms with van der Waals surface area (Å²) in [4.78, 5) is 39.4. The van der Waals surface area contributed by atoms with Crippen LogP contribution in [0.3, 0.4) is 0 Å². The van der Waals surface area contributed by atoms with Gasteiger partial charge in [-0.2, -0.15) is 0 Å². The molecule has 2 aromatic carbocycles. The standard InChI is InChI=1S/C21H18F2N2O4/c1-12(20(27)16-11-25-18-5-3-2-4-14(16)18)29-19(26)8-9-24-21(28)15-7-6-13(22)10-17(15)23/h2-7,10-12,25H,8-9H2,1H3,(H,24,28)/t12-/m1/s1. The number of ether oxygens (including phenoxy) is 1. The Balaban J connectivity index is 1.51. The van der Waals surface area contributed by atoms with Crippen LogP contribution >= 0.6 is 0 Å². The molecule has 1 heterocycles. The predicted octanol–water partition coefficient (Wildman–Crippen LogP) is 3.38. The number of rotatable bonds is 7. The summed E-state index contributed by atoms with van der Waals surface area (Å²) < 4.78 is 31.6. The highest BCUT2D eigenvalue weighted by Crippen LogP contribution is 2.20. The third-order valence-electron chi connectivity index (χ3n) is 4.32. The quantitative estimate of drug-likeness (QED) is 0.470. The van der Waals surface area contributed by atoms with Gasteiger partial charge in [-0.3, -0.25) is 14.4 Å². The van der Waals surface area contributed by atoms with Gasteiger partial charge in [0.05, 0.1) is 12.0 Å². The van der Waals surface area contributed by atoms with Crippen molar-refractivity contribution in [1.82, 2.24) is 10.3 Å². The van der Waals surface area contributed by atoms with E-state index in [1.54, 1.807) is 18.3 Å². The summed E-state index contributed by atoms with van der Waals surface area (Å²) in [5.74, 6) is -3.61. The Kier molecular flexibility index (Phi) is 6.01. The minimum Gasteiger partial charge on any atom is -0.454 e. The third-order valence-corrected chi connectivity index (χ3v) is 4.32. The molecule has 3 rings (SSSR count). The summed E-state index contributed by atoms with van der Waals surface area (Å²) in [5.41, 5.74) is 0.883. The van der Waals surface area contributed by atoms with E-state index in [-0.39, 0.29) is 24.3 Å². The normalized spacial score (nSPS) is 11.8. The molecule has 0 radical (unpaired) electrons. The van der Waals surface area contributed by atoms with E-state index in [1.165, 1.54) is 6.92 Å². The number of hydrogen-bond acceptors (Lipinski definition) is 4. The van der Waals surface area contributed by atoms with Gasteiger partial charge in [0.25, 0.3) is 5.91 Å². The third kappa shape index (κ3) is 4.66. The maximum atomic E-state index is 13.6. The van der Waals surface area contributed by atoms with E-state index in [0.717, 1.165) is 23.0 Å². The topological polar surface area (TPSA) is 88.3 Å². The molecule has 3 aromatic rings. The Morgan fingerprint density at radius 1 is 1.10 bits per heavy atom. The lowest BCUT2D eigenvalue weighted by atomic mass is 10.1. The fourth-order valence-corrected chi connectivity index (χ4v) is 2.85. The molecule has 29 heavy (non-hydrogen) atoms. The molecule has 8 heteroatoms. The fourth-order valence-electron chi connectivity index (χ4n) is 2.85. The number of para-hydroxylation sites is 1. The van der Waals surface area contributed by atoms with Crippen molar-refractivity contribution in [3.8, 4) is 0 Å². The molecule has 0 saturated carbocycles. The summed E-state index contributed by atoms with van der Waals surface area (Å²) in [7, 11) is 0. The van der Waals surface area contributed by atoms with Gasteiger partial charge in [0.15, 0.2) is 6.10 Å². The maximum absolute atomic E-state index is 13.6. The van der Waals surface area contributed by atoms with Gasteiger partial charge in [-0.05, 0) is 25.1 Å². The lowest BCUT2D eigenvalue weighted by molar-refractivity contribution is -0.146. The fraction of sp³-hybridized carbons (Fsp3) is 0.190. The van der Waals surface area contributed by atoms with Crippen molar-refractivity contribution in [1.29, 1.82) is 0 Å². The number of carbonyl (C=O) groups is 3. The number of benzene rings is 2. The molecule has 1 amide bonds. The number of halogens is 2. The number of fused-ring (bicyclic) bond motifs is 1. The number of ketones is 1. The molecule has 0 bridgehead atoms. The zero-order valence-corrected chi connectivity index (χ0v) is 15.5. The van der Waals surface area contributed by atoms with Crippen LogP contribution in [0, 0.1) is 11.6 Å². The van der Waals surface area contributed by atoms with E-state index in [2.05, 4.69) is 10.3 Å². The van der Waals surface area contributed by atoms with Gasteiger partial charge in [0.2, 0.25) is 5.78 Å². The first-order valence-corrected chi connectivity index (χ1v) is 8.90. The van der Waals surface area contributed by atoms with Gasteiger partial charge < -0.3 is 15.0 Å². The van der Waals surface area contributed by atoms with E-state index in [1.807, 2.05) is 12.1 Å². The molecular weight excluding hydrogens is 382 g/mol. The van der Waals surface area contributed by atoms with Gasteiger partial charge >= 0.3 is 5.97 Å². The first kappa shape index (κ1) is 20.2. The van der Waals surface area contributed by atoms with E-state index in [0.29, 0.717) is 11.6 Å². The minimum atomic E-state index is -1.01. The van der Waals surface area contributed by atoms with Crippen LogP contribution in [-0.4, -0.2) is 35.3 Å². The molecule has 0 aliphatic heterocycles. The van der Waals surface area contributed by atoms with Crippen molar-refractivity contribution >= 4 is 28.6 Å². The van der Waals surface area contributed by atoms with E-state index in [4.69, 9.17) is 4.74 Å². The maximum Gasteiger partial charge on any atom is 0.308 e. The van der Waals surface area contributed by atoms with Gasteiger partial charge in [-0.1, -0.05) is 18.2 Å². The van der Waals surface area contributed by atoms with Crippen LogP contribution in [0.2, 0.25) is 0 Å². The molecule has 0 saturated heterocycles. The highest BCUT2D eigenvalue weighted by atomic mass is 19.1. The molecule has 0 spiro atoms. The number of amides is 1. The molecule has 0 aliphatic rings. The van der Waals surface area contributed by atoms with Gasteiger partial charge in [-0.25, -0.2) is 8.78 Å². The second-order valence-corrected chi connectivity index (χ2v) is 6.37. The molecule has 6 nitrogen and oxygen atoms in total. The van der Waals surface area contributed by atoms with Crippen molar-refractivity contribution in [2.75, 3.05) is 6.54 Å². The molecule has 2 N–H and O–H groups in total. The number of hydrogen-bond donors (Lipinski definition) is 2. The summed E-state index contributed by atoms with van der Waals surface area (Å²) in [5, 5.41) is 3.08. The number of carbonyl (C=O) groups excluding carboxylic acids is 3. The Bertz CT molecular complexity index is 1080. The average Bonchev–Trinajstić information content (AvgIpc) is 3.11. The SMILES string of the molecule is C[C@@H](OC(=O)CCNC(=O)c1ccc(F)cc1F)C(=O)c1c[nH]c2ccccc12. The Morgan fingerprint density at radius 2 is 1.86 bits per heavy atom. The lowest BCUT2D eigenvalue weighted by Gasteiger charge is -2.12. The molecule has 1 atom stereocenters. The van der Waals surface area contributed by atoms with Crippen LogP contribution in [0.4, 0.5) is 8.78 Å². The monoisotopic (exact) mass is 400 g/mol. The second-order valence-electron chi connectivity index (χ2n) is 6.37. The Morgan fingerprint density at radius 3 is 2.62 bits per heavy atom.